The molecule has 2 N–H and O–H groups in total. The van der Waals surface area contributed by atoms with Crippen LogP contribution in [0.5, 0.6) is 0 Å². The second-order valence-electron chi connectivity index (χ2n) is 3.60. The molecule has 0 aliphatic rings. The van der Waals surface area contributed by atoms with Crippen LogP contribution in [0, 0.1) is 0 Å². The lowest BCUT2D eigenvalue weighted by Gasteiger charge is -1.92. The van der Waals surface area contributed by atoms with Crippen molar-refractivity contribution in [3.05, 3.63) is 35.9 Å². The summed E-state index contributed by atoms with van der Waals surface area (Å²) < 4.78 is 0. The van der Waals surface area contributed by atoms with Crippen LogP contribution in [0.15, 0.2) is 30.3 Å². The number of carboxylic acids is 1. The van der Waals surface area contributed by atoms with E-state index in [2.05, 4.69) is 11.8 Å². The third kappa shape index (κ3) is 8.29. The molecule has 100 valence electrons. The Kier molecular flexibility index (Phi) is 9.21. The number of benzene rings is 1. The van der Waals surface area contributed by atoms with Crippen LogP contribution < -0.4 is 0 Å². The number of rotatable bonds is 5. The highest BCUT2D eigenvalue weighted by atomic mass is 17.1. The van der Waals surface area contributed by atoms with E-state index in [0.717, 1.165) is 19.3 Å². The summed E-state index contributed by atoms with van der Waals surface area (Å²) in [7, 11) is 0. The van der Waals surface area contributed by atoms with Gasteiger partial charge in [-0.05, 0) is 18.6 Å². The van der Waals surface area contributed by atoms with E-state index >= 15 is 0 Å². The number of aliphatic carboxylic acids is 1. The monoisotopic (exact) mass is 254 g/mol. The maximum Gasteiger partial charge on any atom is 0.372 e. The van der Waals surface area contributed by atoms with Crippen molar-refractivity contribution >= 4 is 11.9 Å². The molecule has 0 atom stereocenters. The molecule has 1 aromatic carbocycles. The molecular weight excluding hydrogens is 236 g/mol. The van der Waals surface area contributed by atoms with E-state index in [4.69, 9.17) is 10.4 Å². The Hall–Kier alpha value is -1.88. The molecule has 0 unspecified atom stereocenters. The minimum absolute atomic E-state index is 0.327. The van der Waals surface area contributed by atoms with Crippen LogP contribution in [-0.2, 0) is 9.68 Å². The molecule has 18 heavy (non-hydrogen) atoms. The Morgan fingerprint density at radius 2 is 1.78 bits per heavy atom. The normalized spacial score (nSPS) is 9.00. The molecule has 0 bridgehead atoms. The standard InChI is InChI=1S/C7H6O3.C6H12O2/c8-7(10-9)6-4-2-1-3-5-6;1-2-3-4-5-6(7)8/h1-5,9H;2-5H2,1H3,(H,7,8). The summed E-state index contributed by atoms with van der Waals surface area (Å²) >= 11 is 0. The van der Waals surface area contributed by atoms with E-state index in [9.17, 15) is 9.59 Å². The predicted molar refractivity (Wildman–Crippen MR) is 66.3 cm³/mol. The average molecular weight is 254 g/mol. The van der Waals surface area contributed by atoms with E-state index in [1.54, 1.807) is 30.3 Å². The Morgan fingerprint density at radius 3 is 2.22 bits per heavy atom. The van der Waals surface area contributed by atoms with Gasteiger partial charge in [-0.3, -0.25) is 9.68 Å². The van der Waals surface area contributed by atoms with Crippen molar-refractivity contribution in [2.75, 3.05) is 0 Å². The molecule has 0 amide bonds. The van der Waals surface area contributed by atoms with E-state index < -0.39 is 11.9 Å². The predicted octanol–water partition coefficient (Wildman–Crippen LogP) is 2.97. The van der Waals surface area contributed by atoms with Crippen molar-refractivity contribution in [1.82, 2.24) is 0 Å². The molecule has 5 heteroatoms. The lowest BCUT2D eigenvalue weighted by Crippen LogP contribution is -2.00. The number of hydrogen-bond acceptors (Lipinski definition) is 4. The maximum absolute atomic E-state index is 10.5. The van der Waals surface area contributed by atoms with Gasteiger partial charge in [-0.2, -0.15) is 5.26 Å². The highest BCUT2D eigenvalue weighted by molar-refractivity contribution is 5.88. The fourth-order valence-electron chi connectivity index (χ4n) is 1.15. The fraction of sp³-hybridized carbons (Fsp3) is 0.385. The van der Waals surface area contributed by atoms with Gasteiger partial charge in [0.25, 0.3) is 0 Å². The lowest BCUT2D eigenvalue weighted by atomic mass is 10.2. The van der Waals surface area contributed by atoms with Gasteiger partial charge in [0.2, 0.25) is 0 Å². The van der Waals surface area contributed by atoms with Crippen LogP contribution >= 0.6 is 0 Å². The molecule has 0 radical (unpaired) electrons. The molecule has 1 aromatic rings. The van der Waals surface area contributed by atoms with Crippen molar-refractivity contribution in [2.45, 2.75) is 32.6 Å². The summed E-state index contributed by atoms with van der Waals surface area (Å²) in [5, 5.41) is 16.1. The third-order valence-electron chi connectivity index (χ3n) is 2.09. The molecule has 0 saturated carbocycles. The van der Waals surface area contributed by atoms with Gasteiger partial charge in [-0.15, -0.1) is 0 Å². The summed E-state index contributed by atoms with van der Waals surface area (Å²) in [6.07, 6.45) is 3.28. The summed E-state index contributed by atoms with van der Waals surface area (Å²) in [4.78, 5) is 23.9. The number of carboxylic acid groups (broad SMARTS) is 1. The number of hydrogen-bond donors (Lipinski definition) is 2. The average Bonchev–Trinajstić information content (AvgIpc) is 2.39. The van der Waals surface area contributed by atoms with Crippen molar-refractivity contribution in [3.8, 4) is 0 Å². The first kappa shape index (κ1) is 16.1. The number of carbonyl (C=O) groups is 2. The first-order valence-corrected chi connectivity index (χ1v) is 5.74. The molecule has 0 spiro atoms. The summed E-state index contributed by atoms with van der Waals surface area (Å²) in [5.41, 5.74) is 0.338. The van der Waals surface area contributed by atoms with Crippen molar-refractivity contribution in [1.29, 1.82) is 0 Å². The molecule has 1 rings (SSSR count). The van der Waals surface area contributed by atoms with Crippen molar-refractivity contribution < 1.29 is 24.8 Å². The molecule has 0 heterocycles. The van der Waals surface area contributed by atoms with Gasteiger partial charge in [0.15, 0.2) is 0 Å². The zero-order chi connectivity index (χ0) is 13.8. The second kappa shape index (κ2) is 10.3. The first-order valence-electron chi connectivity index (χ1n) is 5.74. The second-order valence-corrected chi connectivity index (χ2v) is 3.60. The Bertz CT molecular complexity index is 348. The molecule has 0 aromatic heterocycles. The smallest absolute Gasteiger partial charge is 0.372 e. The molecular formula is C13H18O5. The van der Waals surface area contributed by atoms with Crippen molar-refractivity contribution in [2.24, 2.45) is 0 Å². The van der Waals surface area contributed by atoms with Crippen LogP contribution in [0.2, 0.25) is 0 Å². The first-order chi connectivity index (χ1) is 8.61. The van der Waals surface area contributed by atoms with Crippen LogP contribution in [0.25, 0.3) is 0 Å². The SMILES string of the molecule is CCCCCC(=O)O.O=C(OO)c1ccccc1. The van der Waals surface area contributed by atoms with Gasteiger partial charge in [0.05, 0.1) is 5.56 Å². The zero-order valence-corrected chi connectivity index (χ0v) is 10.3. The fourth-order valence-corrected chi connectivity index (χ4v) is 1.15. The maximum atomic E-state index is 10.5. The van der Waals surface area contributed by atoms with Gasteiger partial charge in [-0.25, -0.2) is 4.79 Å². The number of unbranched alkanes of at least 4 members (excludes halogenated alkanes) is 2. The van der Waals surface area contributed by atoms with Crippen molar-refractivity contribution in [3.63, 3.8) is 0 Å². The molecule has 0 aliphatic carbocycles. The summed E-state index contributed by atoms with van der Waals surface area (Å²) in [6.45, 7) is 2.06. The van der Waals surface area contributed by atoms with Crippen LogP contribution in [0.4, 0.5) is 0 Å². The number of carbonyl (C=O) groups excluding carboxylic acids is 1. The van der Waals surface area contributed by atoms with Gasteiger partial charge in [0, 0.05) is 6.42 Å². The largest absolute Gasteiger partial charge is 0.481 e. The van der Waals surface area contributed by atoms with Gasteiger partial charge in [-0.1, -0.05) is 38.0 Å². The van der Waals surface area contributed by atoms with Crippen LogP contribution in [-0.4, -0.2) is 22.3 Å². The minimum atomic E-state index is -0.736. The molecule has 0 fully saturated rings. The highest BCUT2D eigenvalue weighted by Gasteiger charge is 2.02. The quantitative estimate of drug-likeness (QED) is 0.479. The van der Waals surface area contributed by atoms with Gasteiger partial charge < -0.3 is 5.11 Å². The van der Waals surface area contributed by atoms with Gasteiger partial charge in [0.1, 0.15) is 0 Å². The lowest BCUT2D eigenvalue weighted by molar-refractivity contribution is -0.182. The van der Waals surface area contributed by atoms with E-state index in [0.29, 0.717) is 12.0 Å². The third-order valence-corrected chi connectivity index (χ3v) is 2.09. The minimum Gasteiger partial charge on any atom is -0.481 e. The highest BCUT2D eigenvalue weighted by Crippen LogP contribution is 1.99. The van der Waals surface area contributed by atoms with Crippen LogP contribution in [0.1, 0.15) is 43.0 Å². The molecule has 5 nitrogen and oxygen atoms in total. The summed E-state index contributed by atoms with van der Waals surface area (Å²) in [5.74, 6) is -1.42. The van der Waals surface area contributed by atoms with Gasteiger partial charge >= 0.3 is 11.9 Å². The van der Waals surface area contributed by atoms with E-state index in [1.165, 1.54) is 0 Å². The molecule has 0 aliphatic heterocycles. The van der Waals surface area contributed by atoms with E-state index in [1.807, 2.05) is 0 Å². The Labute approximate surface area is 106 Å². The van der Waals surface area contributed by atoms with E-state index in [-0.39, 0.29) is 0 Å². The topological polar surface area (TPSA) is 83.8 Å². The Balaban J connectivity index is 0.000000331. The summed E-state index contributed by atoms with van der Waals surface area (Å²) in [6, 6.07) is 8.25. The molecule has 0 saturated heterocycles. The zero-order valence-electron chi connectivity index (χ0n) is 10.3. The Morgan fingerprint density at radius 1 is 1.17 bits per heavy atom. The van der Waals surface area contributed by atoms with Crippen LogP contribution in [0.3, 0.4) is 0 Å².